The number of rotatable bonds is 3. The highest BCUT2D eigenvalue weighted by Gasteiger charge is 2.16. The van der Waals surface area contributed by atoms with Crippen LogP contribution in [0.25, 0.3) is 0 Å². The first kappa shape index (κ1) is 12.4. The second kappa shape index (κ2) is 5.54. The first-order chi connectivity index (χ1) is 8.16. The second-order valence-electron chi connectivity index (χ2n) is 4.31. The Hall–Kier alpha value is -1.03. The summed E-state index contributed by atoms with van der Waals surface area (Å²) in [5, 5.41) is 3.45. The Morgan fingerprint density at radius 2 is 2.41 bits per heavy atom. The van der Waals surface area contributed by atoms with Crippen molar-refractivity contribution < 1.29 is 9.18 Å². The molecule has 1 aliphatic heterocycles. The monoisotopic (exact) mass is 253 g/mol. The Bertz CT molecular complexity index is 416. The molecule has 4 heteroatoms. The van der Waals surface area contributed by atoms with E-state index in [-0.39, 0.29) is 11.7 Å². The maximum absolute atomic E-state index is 13.1. The predicted molar refractivity (Wildman–Crippen MR) is 69.0 cm³/mol. The smallest absolute Gasteiger partial charge is 0.251 e. The summed E-state index contributed by atoms with van der Waals surface area (Å²) in [6, 6.07) is 4.46. The highest BCUT2D eigenvalue weighted by molar-refractivity contribution is 8.00. The standard InChI is InChI=1S/C13H16FNOS/c1-9-7-10(4-5-12(9)14)13(16)15-8-11-3-2-6-17-11/h4-5,7,11H,2-3,6,8H2,1H3,(H,15,16). The summed E-state index contributed by atoms with van der Waals surface area (Å²) in [4.78, 5) is 11.8. The molecule has 1 amide bonds. The highest BCUT2D eigenvalue weighted by Crippen LogP contribution is 2.25. The van der Waals surface area contributed by atoms with Crippen LogP contribution in [-0.4, -0.2) is 23.5 Å². The Labute approximate surface area is 105 Å². The van der Waals surface area contributed by atoms with E-state index in [9.17, 15) is 9.18 Å². The topological polar surface area (TPSA) is 29.1 Å². The molecule has 1 saturated heterocycles. The summed E-state index contributed by atoms with van der Waals surface area (Å²) >= 11 is 1.91. The maximum atomic E-state index is 13.1. The molecule has 1 heterocycles. The molecule has 1 unspecified atom stereocenters. The summed E-state index contributed by atoms with van der Waals surface area (Å²) in [6.45, 7) is 2.37. The van der Waals surface area contributed by atoms with E-state index in [2.05, 4.69) is 5.32 Å². The molecule has 17 heavy (non-hydrogen) atoms. The van der Waals surface area contributed by atoms with Gasteiger partial charge in [0.05, 0.1) is 0 Å². The van der Waals surface area contributed by atoms with E-state index in [0.717, 1.165) is 0 Å². The molecule has 0 radical (unpaired) electrons. The van der Waals surface area contributed by atoms with E-state index in [0.29, 0.717) is 22.9 Å². The average Bonchev–Trinajstić information content (AvgIpc) is 2.82. The summed E-state index contributed by atoms with van der Waals surface area (Å²) in [6.07, 6.45) is 2.41. The molecule has 1 fully saturated rings. The van der Waals surface area contributed by atoms with E-state index < -0.39 is 0 Å². The normalized spacial score (nSPS) is 19.3. The molecule has 1 N–H and O–H groups in total. The van der Waals surface area contributed by atoms with Gasteiger partial charge in [-0.3, -0.25) is 4.79 Å². The fraction of sp³-hybridized carbons (Fsp3) is 0.462. The zero-order chi connectivity index (χ0) is 12.3. The number of halogens is 1. The van der Waals surface area contributed by atoms with Gasteiger partial charge in [0.25, 0.3) is 5.91 Å². The summed E-state index contributed by atoms with van der Waals surface area (Å²) in [7, 11) is 0. The number of carbonyl (C=O) groups is 1. The third-order valence-electron chi connectivity index (χ3n) is 2.93. The van der Waals surface area contributed by atoms with Gasteiger partial charge in [-0.2, -0.15) is 11.8 Å². The van der Waals surface area contributed by atoms with E-state index in [4.69, 9.17) is 0 Å². The van der Waals surface area contributed by atoms with E-state index in [1.165, 1.54) is 30.7 Å². The molecule has 0 bridgehead atoms. The van der Waals surface area contributed by atoms with Crippen molar-refractivity contribution in [1.29, 1.82) is 0 Å². The lowest BCUT2D eigenvalue weighted by Crippen LogP contribution is -2.29. The van der Waals surface area contributed by atoms with Gasteiger partial charge in [-0.25, -0.2) is 4.39 Å². The fourth-order valence-corrected chi connectivity index (χ4v) is 3.10. The molecule has 0 spiro atoms. The van der Waals surface area contributed by atoms with Gasteiger partial charge in [0.2, 0.25) is 0 Å². The predicted octanol–water partition coefficient (Wildman–Crippen LogP) is 2.76. The molecule has 1 atom stereocenters. The Morgan fingerprint density at radius 3 is 3.06 bits per heavy atom. The van der Waals surface area contributed by atoms with E-state index in [1.54, 1.807) is 13.0 Å². The summed E-state index contributed by atoms with van der Waals surface area (Å²) < 4.78 is 13.1. The lowest BCUT2D eigenvalue weighted by Gasteiger charge is -2.10. The van der Waals surface area contributed by atoms with Crippen molar-refractivity contribution in [3.8, 4) is 0 Å². The average molecular weight is 253 g/mol. The van der Waals surface area contributed by atoms with E-state index in [1.807, 2.05) is 11.8 Å². The van der Waals surface area contributed by atoms with Crippen molar-refractivity contribution in [2.24, 2.45) is 0 Å². The fourth-order valence-electron chi connectivity index (χ4n) is 1.90. The van der Waals surface area contributed by atoms with Gasteiger partial charge >= 0.3 is 0 Å². The Morgan fingerprint density at radius 1 is 1.59 bits per heavy atom. The second-order valence-corrected chi connectivity index (χ2v) is 5.72. The quantitative estimate of drug-likeness (QED) is 0.897. The first-order valence-corrected chi connectivity index (χ1v) is 6.87. The molecular weight excluding hydrogens is 237 g/mol. The van der Waals surface area contributed by atoms with Crippen LogP contribution in [0, 0.1) is 12.7 Å². The van der Waals surface area contributed by atoms with Gasteiger partial charge in [0.1, 0.15) is 5.82 Å². The number of amides is 1. The van der Waals surface area contributed by atoms with Crippen LogP contribution in [0.5, 0.6) is 0 Å². The molecule has 1 aliphatic rings. The largest absolute Gasteiger partial charge is 0.351 e. The molecule has 0 saturated carbocycles. The minimum atomic E-state index is -0.270. The van der Waals surface area contributed by atoms with Gasteiger partial charge in [0, 0.05) is 17.4 Å². The van der Waals surface area contributed by atoms with Gasteiger partial charge in [-0.1, -0.05) is 0 Å². The van der Waals surface area contributed by atoms with Crippen molar-refractivity contribution in [2.75, 3.05) is 12.3 Å². The zero-order valence-electron chi connectivity index (χ0n) is 9.83. The van der Waals surface area contributed by atoms with Crippen LogP contribution >= 0.6 is 11.8 Å². The Kier molecular flexibility index (Phi) is 4.05. The third kappa shape index (κ3) is 3.22. The minimum absolute atomic E-state index is 0.111. The van der Waals surface area contributed by atoms with Crippen molar-refractivity contribution in [2.45, 2.75) is 25.0 Å². The number of nitrogens with one attached hydrogen (secondary N) is 1. The van der Waals surface area contributed by atoms with E-state index >= 15 is 0 Å². The zero-order valence-corrected chi connectivity index (χ0v) is 10.6. The number of thioether (sulfide) groups is 1. The third-order valence-corrected chi connectivity index (χ3v) is 4.33. The first-order valence-electron chi connectivity index (χ1n) is 5.83. The SMILES string of the molecule is Cc1cc(C(=O)NCC2CCCS2)ccc1F. The number of aryl methyl sites for hydroxylation is 1. The van der Waals surface area contributed by atoms with Crippen LogP contribution in [0.2, 0.25) is 0 Å². The van der Waals surface area contributed by atoms with Crippen LogP contribution in [0.15, 0.2) is 18.2 Å². The molecule has 0 aliphatic carbocycles. The summed E-state index contributed by atoms with van der Waals surface area (Å²) in [5.41, 5.74) is 1.04. The van der Waals surface area contributed by atoms with Gasteiger partial charge in [-0.05, 0) is 49.3 Å². The highest BCUT2D eigenvalue weighted by atomic mass is 32.2. The van der Waals surface area contributed by atoms with Crippen LogP contribution in [-0.2, 0) is 0 Å². The van der Waals surface area contributed by atoms with Gasteiger partial charge < -0.3 is 5.32 Å². The minimum Gasteiger partial charge on any atom is -0.351 e. The molecule has 92 valence electrons. The van der Waals surface area contributed by atoms with Crippen LogP contribution in [0.1, 0.15) is 28.8 Å². The Balaban J connectivity index is 1.92. The van der Waals surface area contributed by atoms with Crippen LogP contribution in [0.3, 0.4) is 0 Å². The lowest BCUT2D eigenvalue weighted by atomic mass is 10.1. The van der Waals surface area contributed by atoms with Crippen molar-refractivity contribution >= 4 is 17.7 Å². The number of carbonyl (C=O) groups excluding carboxylic acids is 1. The van der Waals surface area contributed by atoms with Crippen molar-refractivity contribution in [3.05, 3.63) is 35.1 Å². The van der Waals surface area contributed by atoms with Gasteiger partial charge in [-0.15, -0.1) is 0 Å². The molecule has 0 aromatic heterocycles. The van der Waals surface area contributed by atoms with Crippen LogP contribution in [0.4, 0.5) is 4.39 Å². The number of benzene rings is 1. The summed E-state index contributed by atoms with van der Waals surface area (Å²) in [5.74, 6) is 0.810. The number of hydrogen-bond acceptors (Lipinski definition) is 2. The van der Waals surface area contributed by atoms with Crippen molar-refractivity contribution in [1.82, 2.24) is 5.32 Å². The molecule has 2 rings (SSSR count). The van der Waals surface area contributed by atoms with Gasteiger partial charge in [0.15, 0.2) is 0 Å². The molecule has 2 nitrogen and oxygen atoms in total. The molecule has 1 aromatic rings. The van der Waals surface area contributed by atoms with Crippen LogP contribution < -0.4 is 5.32 Å². The van der Waals surface area contributed by atoms with Crippen molar-refractivity contribution in [3.63, 3.8) is 0 Å². The molecular formula is C13H16FNOS. The number of hydrogen-bond donors (Lipinski definition) is 1. The molecule has 1 aromatic carbocycles. The maximum Gasteiger partial charge on any atom is 0.251 e. The lowest BCUT2D eigenvalue weighted by molar-refractivity contribution is 0.0953.